The van der Waals surface area contributed by atoms with Gasteiger partial charge in [0, 0.05) is 66.6 Å². The fourth-order valence-electron chi connectivity index (χ4n) is 12.2. The van der Waals surface area contributed by atoms with Gasteiger partial charge in [0.1, 0.15) is 0 Å². The van der Waals surface area contributed by atoms with Crippen molar-refractivity contribution in [2.75, 3.05) is 65.8 Å². The lowest BCUT2D eigenvalue weighted by molar-refractivity contribution is 0.0928. The highest BCUT2D eigenvalue weighted by Crippen LogP contribution is 2.45. The number of hydrogen-bond acceptors (Lipinski definition) is 14. The summed E-state index contributed by atoms with van der Waals surface area (Å²) < 4.78 is 40.0. The number of nitrogens with one attached hydrogen (secondary N) is 4. The first-order chi connectivity index (χ1) is 49.7. The predicted molar refractivity (Wildman–Crippen MR) is 429 cm³/mol. The molecule has 0 aliphatic heterocycles. The molecule has 0 spiro atoms. The average Bonchev–Trinajstić information content (AvgIpc) is 1.41. The van der Waals surface area contributed by atoms with Crippen molar-refractivity contribution in [2.45, 2.75) is 237 Å². The van der Waals surface area contributed by atoms with Gasteiger partial charge in [0.15, 0.2) is 23.0 Å². The number of unbranched alkanes of at least 4 members (excludes halogenated alkanes) is 6. The van der Waals surface area contributed by atoms with Crippen LogP contribution in [0.5, 0.6) is 34.5 Å². The number of carbonyl (C=O) groups is 4. The highest BCUT2D eigenvalue weighted by Gasteiger charge is 2.26. The number of amides is 4. The number of carbonyl (C=O) groups excluding carboxylic acids is 4. The summed E-state index contributed by atoms with van der Waals surface area (Å²) in [5, 5.41) is 12.1. The maximum absolute atomic E-state index is 14.1. The van der Waals surface area contributed by atoms with Gasteiger partial charge >= 0.3 is 0 Å². The molecule has 4 amide bonds. The molecule has 0 radical (unpaired) electrons. The summed E-state index contributed by atoms with van der Waals surface area (Å²) in [6.45, 7) is 30.7. The summed E-state index contributed by atoms with van der Waals surface area (Å²) in [7, 11) is 0. The van der Waals surface area contributed by atoms with Gasteiger partial charge in [-0.1, -0.05) is 199 Å². The van der Waals surface area contributed by atoms with Crippen LogP contribution in [0.2, 0.25) is 0 Å². The Labute approximate surface area is 629 Å². The van der Waals surface area contributed by atoms with E-state index in [2.05, 4.69) is 129 Å². The zero-order chi connectivity index (χ0) is 73.4. The van der Waals surface area contributed by atoms with Crippen LogP contribution in [0.3, 0.4) is 0 Å². The average molecular weight is 1480 g/mol. The van der Waals surface area contributed by atoms with Gasteiger partial charge in [-0.2, -0.15) is 0 Å². The Bertz CT molecular complexity index is 3070. The molecule has 0 fully saturated rings. The molecule has 0 aliphatic rings. The third-order valence-corrected chi connectivity index (χ3v) is 24.6. The number of rotatable bonds is 55. The van der Waals surface area contributed by atoms with Crippen LogP contribution in [0.25, 0.3) is 29.3 Å². The first kappa shape index (κ1) is 84.9. The van der Waals surface area contributed by atoms with Crippen molar-refractivity contribution in [1.29, 1.82) is 0 Å². The minimum atomic E-state index is -0.279. The Balaban J connectivity index is 1.05. The van der Waals surface area contributed by atoms with Crippen LogP contribution in [-0.4, -0.2) is 89.4 Å². The smallest absolute Gasteiger partial charge is 0.261 e. The van der Waals surface area contributed by atoms with Gasteiger partial charge in [-0.25, -0.2) is 0 Å². The Hall–Kier alpha value is -6.08. The van der Waals surface area contributed by atoms with Gasteiger partial charge in [-0.3, -0.25) is 19.2 Å². The van der Waals surface area contributed by atoms with E-state index in [0.29, 0.717) is 131 Å². The fourth-order valence-corrected chi connectivity index (χ4v) is 16.4. The summed E-state index contributed by atoms with van der Waals surface area (Å²) >= 11 is 6.21. The summed E-state index contributed by atoms with van der Waals surface area (Å²) in [6.07, 6.45) is 26.0. The van der Waals surface area contributed by atoms with E-state index >= 15 is 0 Å². The Morgan fingerprint density at radius 2 is 0.510 bits per heavy atom. The Morgan fingerprint density at radius 1 is 0.294 bits per heavy atom. The van der Waals surface area contributed by atoms with Gasteiger partial charge < -0.3 is 49.7 Å². The van der Waals surface area contributed by atoms with E-state index in [1.54, 1.807) is 46.9 Å². The lowest BCUT2D eigenvalue weighted by atomic mass is 10.00. The fraction of sp³-hybridized carbons (Fsp3) is 0.619. The second kappa shape index (κ2) is 48.1. The van der Waals surface area contributed by atoms with Crippen molar-refractivity contribution in [3.05, 3.63) is 93.7 Å². The van der Waals surface area contributed by atoms with Crippen LogP contribution in [-0.2, 0) is 0 Å². The SMILES string of the molecule is CCCCC(CC)COc1cc(C(=O)NCCNC(=O)c2ccc(-c3ccc(-c4ccc(-c5ccc(C(=O)NCCNC(=O)c6cc(OCC(CC)CCCC)c(OCC(CC)CCCC)c(OCC(CC)CCCC)c6)s5)s4)s3)s2)cc(OCC(CC)CCCC)c1OCC(CC)CCCC. The van der Waals surface area contributed by atoms with E-state index in [0.717, 1.165) is 183 Å². The lowest BCUT2D eigenvalue weighted by Crippen LogP contribution is -2.34. The molecule has 4 heterocycles. The standard InChI is InChI=1S/C84H126N4O10S4/c1-13-25-31-59(19-7)53-93-67-49-65(50-68(94-54-60(20-8)32-26-14-2)79(67)97-57-63(23-11)35-29-17-5)81(89)85-45-47-87-83(91)77-43-41-75(101-77)73-39-37-71(99-73)72-38-40-74(100-72)76-42-44-78(102-76)84(92)88-48-46-86-82(90)66-51-69(95-55-61(21-9)33-27-15-3)80(98-58-64(24-12)36-30-18-6)70(52-66)96-56-62(22-10)34-28-16-4/h37-44,49-52,59-64H,13-36,45-48,53-58H2,1-12H3,(H,85,89)(H,86,90)(H,87,91)(H,88,92). The van der Waals surface area contributed by atoms with E-state index in [1.807, 2.05) is 24.3 Å². The maximum Gasteiger partial charge on any atom is 0.261 e. The molecular weight excluding hydrogens is 1350 g/mol. The highest BCUT2D eigenvalue weighted by atomic mass is 32.1. The molecule has 14 nitrogen and oxygen atoms in total. The number of hydrogen-bond donors (Lipinski definition) is 4. The van der Waals surface area contributed by atoms with E-state index in [-0.39, 0.29) is 49.8 Å². The quantitative estimate of drug-likeness (QED) is 0.0269. The molecule has 6 atom stereocenters. The monoisotopic (exact) mass is 1480 g/mol. The molecule has 6 unspecified atom stereocenters. The van der Waals surface area contributed by atoms with Crippen molar-refractivity contribution in [2.24, 2.45) is 35.5 Å². The predicted octanol–water partition coefficient (Wildman–Crippen LogP) is 22.8. The van der Waals surface area contributed by atoms with Gasteiger partial charge in [-0.05, 0) is 147 Å². The minimum Gasteiger partial charge on any atom is -0.489 e. The third kappa shape index (κ3) is 28.1. The summed E-state index contributed by atoms with van der Waals surface area (Å²) in [4.78, 5) is 62.8. The van der Waals surface area contributed by atoms with Crippen molar-refractivity contribution >= 4 is 69.0 Å². The van der Waals surface area contributed by atoms with Crippen LogP contribution in [0.4, 0.5) is 0 Å². The number of thiophene rings is 4. The summed E-state index contributed by atoms with van der Waals surface area (Å²) in [5.41, 5.74) is 0.850. The Morgan fingerprint density at radius 3 is 0.745 bits per heavy atom. The van der Waals surface area contributed by atoms with Crippen molar-refractivity contribution in [1.82, 2.24) is 21.3 Å². The molecule has 566 valence electrons. The third-order valence-electron chi connectivity index (χ3n) is 19.6. The highest BCUT2D eigenvalue weighted by molar-refractivity contribution is 7.29. The van der Waals surface area contributed by atoms with Crippen LogP contribution in [0, 0.1) is 35.5 Å². The molecule has 2 aromatic carbocycles. The van der Waals surface area contributed by atoms with E-state index in [4.69, 9.17) is 28.4 Å². The van der Waals surface area contributed by atoms with Gasteiger partial charge in [0.05, 0.1) is 49.4 Å². The second-order valence-electron chi connectivity index (χ2n) is 27.6. The summed E-state index contributed by atoms with van der Waals surface area (Å²) in [6, 6.07) is 23.3. The lowest BCUT2D eigenvalue weighted by Gasteiger charge is -2.24. The normalized spacial score (nSPS) is 13.2. The van der Waals surface area contributed by atoms with E-state index in [1.165, 1.54) is 22.7 Å². The molecule has 6 rings (SSSR count). The van der Waals surface area contributed by atoms with E-state index in [9.17, 15) is 19.2 Å². The van der Waals surface area contributed by atoms with Crippen LogP contribution in [0.1, 0.15) is 277 Å². The molecule has 102 heavy (non-hydrogen) atoms. The van der Waals surface area contributed by atoms with Crippen molar-refractivity contribution < 1.29 is 47.6 Å². The first-order valence-electron chi connectivity index (χ1n) is 39.4. The van der Waals surface area contributed by atoms with Gasteiger partial charge in [0.2, 0.25) is 11.5 Å². The molecule has 0 saturated heterocycles. The largest absolute Gasteiger partial charge is 0.489 e. The molecule has 0 bridgehead atoms. The molecule has 4 N–H and O–H groups in total. The molecule has 6 aromatic rings. The molecule has 0 aliphatic carbocycles. The maximum atomic E-state index is 14.1. The second-order valence-corrected chi connectivity index (χ2v) is 32.0. The van der Waals surface area contributed by atoms with Crippen LogP contribution < -0.4 is 49.7 Å². The topological polar surface area (TPSA) is 172 Å². The molecule has 0 saturated carbocycles. The Kier molecular flexibility index (Phi) is 40.0. The molecule has 4 aromatic heterocycles. The number of ether oxygens (including phenoxy) is 6. The first-order valence-corrected chi connectivity index (χ1v) is 42.6. The van der Waals surface area contributed by atoms with Gasteiger partial charge in [-0.15, -0.1) is 45.3 Å². The van der Waals surface area contributed by atoms with Crippen molar-refractivity contribution in [3.8, 4) is 63.8 Å². The van der Waals surface area contributed by atoms with Crippen molar-refractivity contribution in [3.63, 3.8) is 0 Å². The molecule has 18 heteroatoms. The summed E-state index contributed by atoms with van der Waals surface area (Å²) in [5.74, 6) is 4.62. The zero-order valence-corrected chi connectivity index (χ0v) is 67.4. The van der Waals surface area contributed by atoms with Gasteiger partial charge in [0.25, 0.3) is 23.6 Å². The van der Waals surface area contributed by atoms with Crippen LogP contribution in [0.15, 0.2) is 72.8 Å². The zero-order valence-electron chi connectivity index (χ0n) is 64.1. The molecular formula is C84H126N4O10S4. The van der Waals surface area contributed by atoms with E-state index < -0.39 is 0 Å². The van der Waals surface area contributed by atoms with Crippen LogP contribution >= 0.6 is 45.3 Å². The minimum absolute atomic E-state index is 0.201. The number of benzene rings is 2.